The zero-order valence-electron chi connectivity index (χ0n) is 5.69. The fourth-order valence-electron chi connectivity index (χ4n) is 0.566. The van der Waals surface area contributed by atoms with Gasteiger partial charge in [0.05, 0.1) is 0 Å². The van der Waals surface area contributed by atoms with E-state index in [1.54, 1.807) is 18.6 Å². The molecule has 0 aliphatic carbocycles. The van der Waals surface area contributed by atoms with Crippen molar-refractivity contribution in [3.63, 3.8) is 0 Å². The zero-order valence-corrected chi connectivity index (χ0v) is 6.51. The number of pyridine rings is 1. The maximum absolute atomic E-state index is 3.99. The van der Waals surface area contributed by atoms with Crippen LogP contribution in [0.3, 0.4) is 0 Å². The number of rotatable bonds is 2. The standard InChI is InChI=1S/C7H8N2S/c1-10-9-6-7-3-2-4-8-5-7/h2-6H,1H3/b9-6+. The first-order valence-electron chi connectivity index (χ1n) is 2.90. The molecule has 0 saturated heterocycles. The van der Waals surface area contributed by atoms with Crippen LogP contribution in [0, 0.1) is 0 Å². The van der Waals surface area contributed by atoms with Gasteiger partial charge in [-0.2, -0.15) is 0 Å². The van der Waals surface area contributed by atoms with Crippen molar-refractivity contribution >= 4 is 18.2 Å². The van der Waals surface area contributed by atoms with Crippen LogP contribution in [-0.4, -0.2) is 17.5 Å². The van der Waals surface area contributed by atoms with Gasteiger partial charge in [0.25, 0.3) is 0 Å². The Hall–Kier alpha value is -0.830. The fraction of sp³-hybridized carbons (Fsp3) is 0.143. The minimum absolute atomic E-state index is 1.04. The van der Waals surface area contributed by atoms with Crippen LogP contribution in [0.25, 0.3) is 0 Å². The predicted octanol–water partition coefficient (Wildman–Crippen LogP) is 1.78. The molecule has 0 fully saturated rings. The molecule has 1 rings (SSSR count). The Bertz CT molecular complexity index is 208. The molecule has 0 saturated carbocycles. The highest BCUT2D eigenvalue weighted by atomic mass is 32.2. The third kappa shape index (κ3) is 2.19. The summed E-state index contributed by atoms with van der Waals surface area (Å²) in [5, 5.41) is 0. The van der Waals surface area contributed by atoms with Crippen molar-refractivity contribution < 1.29 is 0 Å². The van der Waals surface area contributed by atoms with Gasteiger partial charge in [-0.3, -0.25) is 4.98 Å². The molecular weight excluding hydrogens is 144 g/mol. The van der Waals surface area contributed by atoms with Gasteiger partial charge in [-0.05, 0) is 18.0 Å². The molecule has 0 aliphatic rings. The highest BCUT2D eigenvalue weighted by Crippen LogP contribution is 1.95. The summed E-state index contributed by atoms with van der Waals surface area (Å²) in [5.74, 6) is 0. The number of hydrogen-bond donors (Lipinski definition) is 0. The molecule has 0 aromatic carbocycles. The Morgan fingerprint density at radius 2 is 2.60 bits per heavy atom. The van der Waals surface area contributed by atoms with Gasteiger partial charge in [-0.1, -0.05) is 6.07 Å². The summed E-state index contributed by atoms with van der Waals surface area (Å²) in [6.07, 6.45) is 7.24. The largest absolute Gasteiger partial charge is 0.264 e. The van der Waals surface area contributed by atoms with E-state index in [1.807, 2.05) is 18.4 Å². The molecule has 2 nitrogen and oxygen atoms in total. The SMILES string of the molecule is CS/N=C/c1cccnc1. The summed E-state index contributed by atoms with van der Waals surface area (Å²) in [5.41, 5.74) is 1.04. The lowest BCUT2D eigenvalue weighted by molar-refractivity contribution is 1.32. The Kier molecular flexibility index (Phi) is 2.96. The molecule has 1 aromatic heterocycles. The van der Waals surface area contributed by atoms with E-state index in [9.17, 15) is 0 Å². The second-order valence-corrected chi connectivity index (χ2v) is 2.28. The summed E-state index contributed by atoms with van der Waals surface area (Å²) in [6.45, 7) is 0. The Morgan fingerprint density at radius 1 is 1.70 bits per heavy atom. The van der Waals surface area contributed by atoms with Gasteiger partial charge >= 0.3 is 0 Å². The number of nitrogens with zero attached hydrogens (tertiary/aromatic N) is 2. The lowest BCUT2D eigenvalue weighted by Crippen LogP contribution is -1.79. The lowest BCUT2D eigenvalue weighted by Gasteiger charge is -1.86. The van der Waals surface area contributed by atoms with Crippen molar-refractivity contribution in [3.8, 4) is 0 Å². The molecule has 0 spiro atoms. The minimum atomic E-state index is 1.04. The van der Waals surface area contributed by atoms with Gasteiger partial charge in [-0.15, -0.1) is 0 Å². The number of aromatic nitrogens is 1. The van der Waals surface area contributed by atoms with Gasteiger partial charge in [-0.25, -0.2) is 4.40 Å². The monoisotopic (exact) mass is 152 g/mol. The zero-order chi connectivity index (χ0) is 7.23. The molecule has 3 heteroatoms. The van der Waals surface area contributed by atoms with Crippen LogP contribution in [0.4, 0.5) is 0 Å². The minimum Gasteiger partial charge on any atom is -0.264 e. The maximum Gasteiger partial charge on any atom is 0.0439 e. The van der Waals surface area contributed by atoms with Crippen LogP contribution in [0.5, 0.6) is 0 Å². The van der Waals surface area contributed by atoms with E-state index >= 15 is 0 Å². The molecule has 0 atom stereocenters. The van der Waals surface area contributed by atoms with Crippen molar-refractivity contribution in [2.45, 2.75) is 0 Å². The molecule has 0 N–H and O–H groups in total. The summed E-state index contributed by atoms with van der Waals surface area (Å²) >= 11 is 1.44. The van der Waals surface area contributed by atoms with Crippen LogP contribution >= 0.6 is 11.9 Å². The highest BCUT2D eigenvalue weighted by Gasteiger charge is 1.81. The molecule has 0 bridgehead atoms. The molecule has 0 amide bonds. The van der Waals surface area contributed by atoms with E-state index in [-0.39, 0.29) is 0 Å². The molecule has 0 unspecified atom stereocenters. The van der Waals surface area contributed by atoms with Crippen molar-refractivity contribution in [2.24, 2.45) is 4.40 Å². The van der Waals surface area contributed by atoms with Crippen molar-refractivity contribution in [1.82, 2.24) is 4.98 Å². The molecular formula is C7H8N2S. The first-order valence-corrected chi connectivity index (χ1v) is 4.08. The first kappa shape index (κ1) is 7.28. The average Bonchev–Trinajstić information content (AvgIpc) is 2.03. The van der Waals surface area contributed by atoms with Crippen LogP contribution in [-0.2, 0) is 0 Å². The van der Waals surface area contributed by atoms with Crippen LogP contribution < -0.4 is 0 Å². The summed E-state index contributed by atoms with van der Waals surface area (Å²) < 4.78 is 3.99. The van der Waals surface area contributed by atoms with Crippen molar-refractivity contribution in [1.29, 1.82) is 0 Å². The van der Waals surface area contributed by atoms with E-state index in [4.69, 9.17) is 0 Å². The third-order valence-electron chi connectivity index (χ3n) is 0.992. The third-order valence-corrected chi connectivity index (χ3v) is 1.31. The normalized spacial score (nSPS) is 10.5. The van der Waals surface area contributed by atoms with Gasteiger partial charge in [0.1, 0.15) is 0 Å². The van der Waals surface area contributed by atoms with E-state index < -0.39 is 0 Å². The lowest BCUT2D eigenvalue weighted by atomic mass is 10.3. The van der Waals surface area contributed by atoms with Crippen molar-refractivity contribution in [2.75, 3.05) is 6.26 Å². The predicted molar refractivity (Wildman–Crippen MR) is 45.3 cm³/mol. The summed E-state index contributed by atoms with van der Waals surface area (Å²) in [4.78, 5) is 3.94. The van der Waals surface area contributed by atoms with E-state index in [0.717, 1.165) is 5.56 Å². The van der Waals surface area contributed by atoms with Crippen molar-refractivity contribution in [3.05, 3.63) is 30.1 Å². The second kappa shape index (κ2) is 4.06. The van der Waals surface area contributed by atoms with E-state index in [0.29, 0.717) is 0 Å². The Labute approximate surface area is 64.5 Å². The highest BCUT2D eigenvalue weighted by molar-refractivity contribution is 7.97. The van der Waals surface area contributed by atoms with Gasteiger partial charge in [0.2, 0.25) is 0 Å². The smallest absolute Gasteiger partial charge is 0.0439 e. The molecule has 1 heterocycles. The molecule has 0 radical (unpaired) electrons. The van der Waals surface area contributed by atoms with Crippen LogP contribution in [0.1, 0.15) is 5.56 Å². The Morgan fingerprint density at radius 3 is 3.20 bits per heavy atom. The van der Waals surface area contributed by atoms with Gasteiger partial charge < -0.3 is 0 Å². The molecule has 10 heavy (non-hydrogen) atoms. The van der Waals surface area contributed by atoms with Crippen LogP contribution in [0.15, 0.2) is 28.9 Å². The van der Waals surface area contributed by atoms with Crippen LogP contribution in [0.2, 0.25) is 0 Å². The average molecular weight is 152 g/mol. The molecule has 0 aliphatic heterocycles. The van der Waals surface area contributed by atoms with E-state index in [1.165, 1.54) is 11.9 Å². The molecule has 1 aromatic rings. The summed E-state index contributed by atoms with van der Waals surface area (Å²) in [6, 6.07) is 3.86. The van der Waals surface area contributed by atoms with Gasteiger partial charge in [0.15, 0.2) is 0 Å². The number of hydrogen-bond acceptors (Lipinski definition) is 3. The quantitative estimate of drug-likeness (QED) is 0.476. The first-order chi connectivity index (χ1) is 4.93. The maximum atomic E-state index is 3.99. The Balaban J connectivity index is 2.67. The topological polar surface area (TPSA) is 25.2 Å². The summed E-state index contributed by atoms with van der Waals surface area (Å²) in [7, 11) is 0. The van der Waals surface area contributed by atoms with Gasteiger partial charge in [0, 0.05) is 30.4 Å². The molecule has 52 valence electrons. The second-order valence-electron chi connectivity index (χ2n) is 1.70. The fourth-order valence-corrected chi connectivity index (χ4v) is 0.793. The van der Waals surface area contributed by atoms with E-state index in [2.05, 4.69) is 9.38 Å².